The molecule has 1 amide bonds. The van der Waals surface area contributed by atoms with Gasteiger partial charge >= 0.3 is 0 Å². The van der Waals surface area contributed by atoms with Gasteiger partial charge < -0.3 is 18.9 Å². The van der Waals surface area contributed by atoms with Gasteiger partial charge in [0.05, 0.1) is 18.9 Å². The Labute approximate surface area is 158 Å². The van der Waals surface area contributed by atoms with Crippen molar-refractivity contribution in [3.05, 3.63) is 12.7 Å². The van der Waals surface area contributed by atoms with Gasteiger partial charge in [-0.15, -0.1) is 0 Å². The molecule has 0 aliphatic heterocycles. The molecule has 1 atom stereocenters. The van der Waals surface area contributed by atoms with E-state index in [1.807, 2.05) is 0 Å². The number of rotatable bonds is 12. The second-order valence-corrected chi connectivity index (χ2v) is 16.0. The summed E-state index contributed by atoms with van der Waals surface area (Å²) in [6, 6.07) is 1.18. The summed E-state index contributed by atoms with van der Waals surface area (Å²) < 4.78 is 12.1. The smallest absolute Gasteiger partial charge is 0.245 e. The van der Waals surface area contributed by atoms with Crippen molar-refractivity contribution in [3.8, 4) is 0 Å². The Balaban J connectivity index is -0.00000242. The first-order valence-corrected chi connectivity index (χ1v) is 14.6. The Morgan fingerprint density at radius 2 is 1.80 bits per heavy atom. The highest BCUT2D eigenvalue weighted by molar-refractivity contribution is 6.84. The second-order valence-electron chi connectivity index (χ2n) is 7.32. The maximum absolute atomic E-state index is 11.4. The molecule has 0 radical (unpaired) electrons. The van der Waals surface area contributed by atoms with Gasteiger partial charge in [0.1, 0.15) is 0 Å². The van der Waals surface area contributed by atoms with Crippen LogP contribution in [0, 0.1) is 0 Å². The van der Waals surface area contributed by atoms with Crippen molar-refractivity contribution < 1.29 is 18.8 Å². The molecule has 0 saturated heterocycles. The predicted molar refractivity (Wildman–Crippen MR) is 114 cm³/mol. The molecule has 0 fully saturated rings. The first kappa shape index (κ1) is 29.3. The van der Waals surface area contributed by atoms with Crippen LogP contribution in [-0.4, -0.2) is 65.1 Å². The molecule has 0 saturated carbocycles. The topological polar surface area (TPSA) is 59.0 Å². The van der Waals surface area contributed by atoms with Gasteiger partial charge in [-0.25, -0.2) is 0 Å². The summed E-state index contributed by atoms with van der Waals surface area (Å²) >= 11 is 0. The van der Waals surface area contributed by atoms with E-state index in [2.05, 4.69) is 39.7 Å². The van der Waals surface area contributed by atoms with Gasteiger partial charge in [0.15, 0.2) is 16.6 Å². The van der Waals surface area contributed by atoms with Crippen LogP contribution in [0.5, 0.6) is 0 Å². The molecular weight excluding hydrogens is 350 g/mol. The normalized spacial score (nSPS) is 12.6. The van der Waals surface area contributed by atoms with Gasteiger partial charge in [0.2, 0.25) is 5.91 Å². The summed E-state index contributed by atoms with van der Waals surface area (Å²) in [4.78, 5) is 12.8. The Morgan fingerprint density at radius 3 is 2.28 bits per heavy atom. The van der Waals surface area contributed by atoms with Crippen LogP contribution in [0.1, 0.15) is 34.6 Å². The fourth-order valence-corrected chi connectivity index (χ4v) is 10.9. The highest BCUT2D eigenvalue weighted by Gasteiger charge is 2.33. The van der Waals surface area contributed by atoms with Gasteiger partial charge in [0.25, 0.3) is 0 Å². The van der Waals surface area contributed by atoms with Crippen molar-refractivity contribution >= 4 is 22.5 Å². The van der Waals surface area contributed by atoms with Crippen LogP contribution in [0.2, 0.25) is 32.2 Å². The van der Waals surface area contributed by atoms with Gasteiger partial charge in [-0.3, -0.25) is 4.79 Å². The number of aliphatic hydroxyl groups is 1. The van der Waals surface area contributed by atoms with Crippen LogP contribution in [0.4, 0.5) is 0 Å². The van der Waals surface area contributed by atoms with E-state index in [0.29, 0.717) is 6.23 Å². The van der Waals surface area contributed by atoms with Gasteiger partial charge in [0, 0.05) is 13.6 Å². The fraction of sp³-hybridized carbons (Fsp3) is 0.833. The highest BCUT2D eigenvalue weighted by atomic mass is 28.4. The zero-order valence-electron chi connectivity index (χ0n) is 15.7. The second kappa shape index (κ2) is 13.7. The Bertz CT molecular complexity index is 376. The standard InChI is InChI=1S/C16H35NO4Si2.2CH4/c1-8-10-11-22(4,5)21-23(6,7)14-20-13-15(18)12-17(3)16(19)9-2;;/h9,15,18H,2,8,10-14H2,1,3-7H3;2*1H4. The SMILES string of the molecule is C.C.C=CC(=O)N(C)CC(O)COC[Si](C)(C)O[Si](C)(C)CCCC. The molecule has 0 aromatic rings. The van der Waals surface area contributed by atoms with Crippen molar-refractivity contribution in [2.45, 2.75) is 73.0 Å². The average Bonchev–Trinajstić information content (AvgIpc) is 2.42. The van der Waals surface area contributed by atoms with Crippen molar-refractivity contribution in [3.63, 3.8) is 0 Å². The monoisotopic (exact) mass is 393 g/mol. The molecule has 0 aliphatic carbocycles. The van der Waals surface area contributed by atoms with Crippen molar-refractivity contribution in [1.82, 2.24) is 4.90 Å². The quantitative estimate of drug-likeness (QED) is 0.401. The summed E-state index contributed by atoms with van der Waals surface area (Å²) in [6.07, 6.45) is 3.51. The fourth-order valence-electron chi connectivity index (χ4n) is 2.49. The lowest BCUT2D eigenvalue weighted by Crippen LogP contribution is -2.48. The Hall–Kier alpha value is -0.476. The number of aliphatic hydroxyl groups excluding tert-OH is 1. The van der Waals surface area contributed by atoms with Crippen molar-refractivity contribution in [1.29, 1.82) is 0 Å². The number of nitrogens with zero attached hydrogens (tertiary/aromatic N) is 1. The molecule has 1 N–H and O–H groups in total. The number of carbonyl (C=O) groups excluding carboxylic acids is 1. The Kier molecular flexibility index (Phi) is 16.0. The minimum absolute atomic E-state index is 0. The summed E-state index contributed by atoms with van der Waals surface area (Å²) in [7, 11) is -1.88. The van der Waals surface area contributed by atoms with E-state index >= 15 is 0 Å². The first-order chi connectivity index (χ1) is 10.5. The molecule has 0 aliphatic rings. The minimum atomic E-state index is -1.89. The number of ether oxygens (including phenoxy) is 1. The molecule has 0 aromatic heterocycles. The molecule has 0 heterocycles. The van der Waals surface area contributed by atoms with Crippen LogP contribution < -0.4 is 0 Å². The molecule has 25 heavy (non-hydrogen) atoms. The summed E-state index contributed by atoms with van der Waals surface area (Å²) in [5.74, 6) is -0.203. The number of likely N-dealkylation sites (N-methyl/N-ethyl adjacent to an activating group) is 1. The molecule has 0 bridgehead atoms. The Morgan fingerprint density at radius 1 is 1.24 bits per heavy atom. The summed E-state index contributed by atoms with van der Waals surface area (Å²) in [5, 5.41) is 9.94. The van der Waals surface area contributed by atoms with Crippen LogP contribution in [0.3, 0.4) is 0 Å². The largest absolute Gasteiger partial charge is 0.454 e. The minimum Gasteiger partial charge on any atom is -0.454 e. The lowest BCUT2D eigenvalue weighted by Gasteiger charge is -2.34. The lowest BCUT2D eigenvalue weighted by molar-refractivity contribution is -0.126. The van der Waals surface area contributed by atoms with E-state index in [9.17, 15) is 9.90 Å². The molecular formula is C18H43NO4Si2. The van der Waals surface area contributed by atoms with Gasteiger partial charge in [-0.1, -0.05) is 41.2 Å². The van der Waals surface area contributed by atoms with E-state index in [-0.39, 0.29) is 33.9 Å². The third kappa shape index (κ3) is 14.4. The first-order valence-electron chi connectivity index (χ1n) is 8.36. The van der Waals surface area contributed by atoms with Crippen molar-refractivity contribution in [2.24, 2.45) is 0 Å². The maximum atomic E-state index is 11.4. The van der Waals surface area contributed by atoms with Gasteiger partial charge in [-0.2, -0.15) is 0 Å². The molecule has 152 valence electrons. The number of hydrogen-bond acceptors (Lipinski definition) is 4. The van der Waals surface area contributed by atoms with Crippen LogP contribution in [-0.2, 0) is 13.6 Å². The molecule has 0 rings (SSSR count). The summed E-state index contributed by atoms with van der Waals surface area (Å²) in [5.41, 5.74) is 0. The van der Waals surface area contributed by atoms with E-state index < -0.39 is 22.7 Å². The summed E-state index contributed by atoms with van der Waals surface area (Å²) in [6.45, 7) is 14.9. The van der Waals surface area contributed by atoms with E-state index in [1.54, 1.807) is 7.05 Å². The van der Waals surface area contributed by atoms with Crippen LogP contribution >= 0.6 is 0 Å². The molecule has 7 heteroatoms. The number of unbranched alkanes of at least 4 members (excludes halogenated alkanes) is 1. The van der Waals surface area contributed by atoms with Gasteiger partial charge in [-0.05, 0) is 38.3 Å². The third-order valence-corrected chi connectivity index (χ3v) is 10.4. The molecule has 1 unspecified atom stereocenters. The van der Waals surface area contributed by atoms with E-state index in [0.717, 1.165) is 0 Å². The van der Waals surface area contributed by atoms with E-state index in [1.165, 1.54) is 29.9 Å². The lowest BCUT2D eigenvalue weighted by atomic mass is 10.3. The average molecular weight is 394 g/mol. The molecule has 5 nitrogen and oxygen atoms in total. The zero-order valence-corrected chi connectivity index (χ0v) is 17.7. The van der Waals surface area contributed by atoms with E-state index in [4.69, 9.17) is 8.85 Å². The van der Waals surface area contributed by atoms with Crippen molar-refractivity contribution in [2.75, 3.05) is 26.4 Å². The predicted octanol–water partition coefficient (Wildman–Crippen LogP) is 4.05. The van der Waals surface area contributed by atoms with Crippen LogP contribution in [0.15, 0.2) is 12.7 Å². The van der Waals surface area contributed by atoms with Crippen LogP contribution in [0.25, 0.3) is 0 Å². The zero-order chi connectivity index (χ0) is 18.1. The maximum Gasteiger partial charge on any atom is 0.245 e. The highest BCUT2D eigenvalue weighted by Crippen LogP contribution is 2.21. The third-order valence-electron chi connectivity index (χ3n) is 3.48. The number of hydrogen-bond donors (Lipinski definition) is 1. The number of carbonyl (C=O) groups is 1. The molecule has 0 spiro atoms. The number of amides is 1. The molecule has 0 aromatic carbocycles.